The molecule has 1 aliphatic carbocycles. The van der Waals surface area contributed by atoms with Crippen LogP contribution in [-0.2, 0) is 11.3 Å². The summed E-state index contributed by atoms with van der Waals surface area (Å²) in [5.41, 5.74) is 0.00283. The zero-order chi connectivity index (χ0) is 17.0. The van der Waals surface area contributed by atoms with E-state index < -0.39 is 11.5 Å². The average molecular weight is 322 g/mol. The maximum absolute atomic E-state index is 14.3. The minimum absolute atomic E-state index is 0.293. The van der Waals surface area contributed by atoms with Gasteiger partial charge in [0.15, 0.2) is 0 Å². The number of nitrogens with zero attached hydrogens (tertiary/aromatic N) is 1. The Kier molecular flexibility index (Phi) is 5.63. The van der Waals surface area contributed by atoms with E-state index in [0.717, 1.165) is 0 Å². The lowest BCUT2D eigenvalue weighted by atomic mass is 9.94. The summed E-state index contributed by atoms with van der Waals surface area (Å²) in [7, 11) is 2.05. The second-order valence-electron chi connectivity index (χ2n) is 7.07. The van der Waals surface area contributed by atoms with E-state index in [-0.39, 0.29) is 5.82 Å². The second kappa shape index (κ2) is 7.30. The quantitative estimate of drug-likeness (QED) is 0.835. The number of rotatable bonds is 6. The third kappa shape index (κ3) is 4.67. The van der Waals surface area contributed by atoms with Crippen molar-refractivity contribution in [1.82, 2.24) is 4.90 Å². The molecule has 0 spiro atoms. The van der Waals surface area contributed by atoms with E-state index in [9.17, 15) is 9.18 Å². The van der Waals surface area contributed by atoms with E-state index in [2.05, 4.69) is 17.3 Å². The molecular formula is C18H27FN2O2. The highest BCUT2D eigenvalue weighted by Gasteiger charge is 2.27. The number of carbonyl (C=O) groups is 1. The summed E-state index contributed by atoms with van der Waals surface area (Å²) < 4.78 is 14.3. The molecule has 1 aliphatic rings. The van der Waals surface area contributed by atoms with Crippen LogP contribution in [0.3, 0.4) is 0 Å². The fraction of sp³-hybridized carbons (Fsp3) is 0.611. The summed E-state index contributed by atoms with van der Waals surface area (Å²) in [6, 6.07) is 5.41. The van der Waals surface area contributed by atoms with Gasteiger partial charge in [-0.25, -0.2) is 9.18 Å². The van der Waals surface area contributed by atoms with E-state index in [1.807, 2.05) is 0 Å². The lowest BCUT2D eigenvalue weighted by Gasteiger charge is -2.31. The van der Waals surface area contributed by atoms with Crippen LogP contribution in [0, 0.1) is 5.82 Å². The molecule has 0 bridgehead atoms. The van der Waals surface area contributed by atoms with Crippen LogP contribution in [0.2, 0.25) is 0 Å². The normalized spacial score (nSPS) is 16.6. The van der Waals surface area contributed by atoms with E-state index in [0.29, 0.717) is 23.8 Å². The molecule has 2 N–H and O–H groups in total. The Morgan fingerprint density at radius 2 is 2.00 bits per heavy atom. The Hall–Kier alpha value is -1.62. The van der Waals surface area contributed by atoms with Crippen LogP contribution in [0.5, 0.6) is 0 Å². The van der Waals surface area contributed by atoms with Crippen LogP contribution in [0.15, 0.2) is 18.2 Å². The molecule has 1 saturated carbocycles. The van der Waals surface area contributed by atoms with Gasteiger partial charge in [0.25, 0.3) is 0 Å². The molecule has 0 heterocycles. The molecule has 0 amide bonds. The number of anilines is 1. The number of aliphatic carboxylic acids is 1. The zero-order valence-electron chi connectivity index (χ0n) is 14.2. The van der Waals surface area contributed by atoms with E-state index in [1.54, 1.807) is 26.0 Å². The fourth-order valence-corrected chi connectivity index (χ4v) is 3.09. The highest BCUT2D eigenvalue weighted by molar-refractivity contribution is 5.81. The average Bonchev–Trinajstić information content (AvgIpc) is 2.50. The summed E-state index contributed by atoms with van der Waals surface area (Å²) in [6.45, 7) is 3.69. The summed E-state index contributed by atoms with van der Waals surface area (Å²) in [4.78, 5) is 13.4. The van der Waals surface area contributed by atoms with Gasteiger partial charge in [0.05, 0.1) is 0 Å². The highest BCUT2D eigenvalue weighted by atomic mass is 19.1. The van der Waals surface area contributed by atoms with Crippen molar-refractivity contribution in [3.8, 4) is 0 Å². The maximum atomic E-state index is 14.3. The smallest absolute Gasteiger partial charge is 0.328 e. The Bertz CT molecular complexity index is 554. The van der Waals surface area contributed by atoms with Crippen molar-refractivity contribution in [1.29, 1.82) is 0 Å². The first-order valence-electron chi connectivity index (χ1n) is 8.30. The molecule has 128 valence electrons. The lowest BCUT2D eigenvalue weighted by Crippen LogP contribution is -2.40. The van der Waals surface area contributed by atoms with Gasteiger partial charge in [0.2, 0.25) is 0 Å². The summed E-state index contributed by atoms with van der Waals surface area (Å²) in [5, 5.41) is 12.0. The van der Waals surface area contributed by atoms with Gasteiger partial charge in [-0.1, -0.05) is 25.3 Å². The van der Waals surface area contributed by atoms with Gasteiger partial charge < -0.3 is 10.4 Å². The van der Waals surface area contributed by atoms with Crippen molar-refractivity contribution in [2.24, 2.45) is 0 Å². The molecule has 23 heavy (non-hydrogen) atoms. The maximum Gasteiger partial charge on any atom is 0.328 e. The molecule has 0 atom stereocenters. The molecule has 0 aliphatic heterocycles. The van der Waals surface area contributed by atoms with Gasteiger partial charge in [0, 0.05) is 23.8 Å². The number of nitrogens with one attached hydrogen (secondary N) is 1. The second-order valence-corrected chi connectivity index (χ2v) is 7.07. The number of halogens is 1. The summed E-state index contributed by atoms with van der Waals surface area (Å²) >= 11 is 0. The predicted octanol–water partition coefficient (Wildman–Crippen LogP) is 3.87. The molecule has 0 unspecified atom stereocenters. The Labute approximate surface area is 137 Å². The molecular weight excluding hydrogens is 295 g/mol. The summed E-state index contributed by atoms with van der Waals surface area (Å²) in [5.74, 6) is -1.27. The van der Waals surface area contributed by atoms with Crippen molar-refractivity contribution in [2.45, 2.75) is 64.1 Å². The Balaban J connectivity index is 2.03. The minimum atomic E-state index is -1.13. The molecule has 1 fully saturated rings. The molecule has 1 aromatic carbocycles. The standard InChI is InChI=1S/C18H27FN2O2/c1-18(2,17(22)23)20-14-10-9-13(16(19)11-14)12-21(3)15-7-5-4-6-8-15/h9-11,15,20H,4-8,12H2,1-3H3,(H,22,23). The third-order valence-corrected chi connectivity index (χ3v) is 4.66. The lowest BCUT2D eigenvalue weighted by molar-refractivity contribution is -0.141. The molecule has 1 aromatic rings. The van der Waals surface area contributed by atoms with Gasteiger partial charge in [0.1, 0.15) is 11.4 Å². The van der Waals surface area contributed by atoms with Crippen LogP contribution in [0.4, 0.5) is 10.1 Å². The van der Waals surface area contributed by atoms with Crippen LogP contribution in [0.25, 0.3) is 0 Å². The number of carboxylic acid groups (broad SMARTS) is 1. The predicted molar refractivity (Wildman–Crippen MR) is 90.1 cm³/mol. The van der Waals surface area contributed by atoms with Gasteiger partial charge in [-0.3, -0.25) is 4.90 Å². The first-order chi connectivity index (χ1) is 10.8. The SMILES string of the molecule is CN(Cc1ccc(NC(C)(C)C(=O)O)cc1F)C1CCCCC1. The third-order valence-electron chi connectivity index (χ3n) is 4.66. The Morgan fingerprint density at radius 3 is 2.57 bits per heavy atom. The topological polar surface area (TPSA) is 52.6 Å². The number of hydrogen-bond donors (Lipinski definition) is 2. The van der Waals surface area contributed by atoms with Crippen LogP contribution >= 0.6 is 0 Å². The van der Waals surface area contributed by atoms with E-state index in [1.165, 1.54) is 38.2 Å². The van der Waals surface area contributed by atoms with E-state index >= 15 is 0 Å². The van der Waals surface area contributed by atoms with Crippen LogP contribution in [-0.4, -0.2) is 34.6 Å². The van der Waals surface area contributed by atoms with E-state index in [4.69, 9.17) is 5.11 Å². The molecule has 0 radical (unpaired) electrons. The van der Waals surface area contributed by atoms with Crippen molar-refractivity contribution >= 4 is 11.7 Å². The number of hydrogen-bond acceptors (Lipinski definition) is 3. The monoisotopic (exact) mass is 322 g/mol. The first-order valence-corrected chi connectivity index (χ1v) is 8.30. The van der Waals surface area contributed by atoms with Crippen molar-refractivity contribution in [3.05, 3.63) is 29.6 Å². The minimum Gasteiger partial charge on any atom is -0.480 e. The zero-order valence-corrected chi connectivity index (χ0v) is 14.2. The van der Waals surface area contributed by atoms with Crippen molar-refractivity contribution < 1.29 is 14.3 Å². The molecule has 4 nitrogen and oxygen atoms in total. The van der Waals surface area contributed by atoms with Gasteiger partial charge in [-0.15, -0.1) is 0 Å². The largest absolute Gasteiger partial charge is 0.480 e. The summed E-state index contributed by atoms with van der Waals surface area (Å²) in [6.07, 6.45) is 6.18. The van der Waals surface area contributed by atoms with Crippen molar-refractivity contribution in [2.75, 3.05) is 12.4 Å². The van der Waals surface area contributed by atoms with Gasteiger partial charge in [-0.05, 0) is 45.9 Å². The fourth-order valence-electron chi connectivity index (χ4n) is 3.09. The molecule has 0 saturated heterocycles. The molecule has 2 rings (SSSR count). The van der Waals surface area contributed by atoms with Crippen LogP contribution < -0.4 is 5.32 Å². The van der Waals surface area contributed by atoms with Crippen LogP contribution in [0.1, 0.15) is 51.5 Å². The van der Waals surface area contributed by atoms with Crippen molar-refractivity contribution in [3.63, 3.8) is 0 Å². The number of carboxylic acids is 1. The Morgan fingerprint density at radius 1 is 1.35 bits per heavy atom. The van der Waals surface area contributed by atoms with Gasteiger partial charge in [-0.2, -0.15) is 0 Å². The number of benzene rings is 1. The highest BCUT2D eigenvalue weighted by Crippen LogP contribution is 2.25. The molecule has 0 aromatic heterocycles. The molecule has 5 heteroatoms. The van der Waals surface area contributed by atoms with Gasteiger partial charge >= 0.3 is 5.97 Å². The first kappa shape index (κ1) is 17.7.